The van der Waals surface area contributed by atoms with E-state index in [9.17, 15) is 4.79 Å². The number of methoxy groups -OCH3 is 1. The predicted octanol–water partition coefficient (Wildman–Crippen LogP) is 5.25. The predicted molar refractivity (Wildman–Crippen MR) is 110 cm³/mol. The van der Waals surface area contributed by atoms with E-state index < -0.39 is 0 Å². The molecule has 0 aliphatic rings. The minimum Gasteiger partial charge on any atom is -0.496 e. The molecule has 0 saturated heterocycles. The lowest BCUT2D eigenvalue weighted by molar-refractivity contribution is -0.130. The summed E-state index contributed by atoms with van der Waals surface area (Å²) in [5.41, 5.74) is 1.74. The maximum absolute atomic E-state index is 12.5. The van der Waals surface area contributed by atoms with E-state index in [1.165, 1.54) is 0 Å². The van der Waals surface area contributed by atoms with Gasteiger partial charge < -0.3 is 14.1 Å². The van der Waals surface area contributed by atoms with Crippen LogP contribution in [-0.4, -0.2) is 29.9 Å². The summed E-state index contributed by atoms with van der Waals surface area (Å²) in [5.74, 6) is 1.85. The minimum atomic E-state index is -0.0201. The Kier molecular flexibility index (Phi) is 6.60. The van der Waals surface area contributed by atoms with Crippen LogP contribution in [0.15, 0.2) is 53.1 Å². The van der Waals surface area contributed by atoms with Gasteiger partial charge in [-0.15, -0.1) is 0 Å². The second-order valence-corrected chi connectivity index (χ2v) is 7.20. The van der Waals surface area contributed by atoms with Gasteiger partial charge in [0.25, 0.3) is 0 Å². The number of benzene rings is 2. The van der Waals surface area contributed by atoms with Gasteiger partial charge in [0.05, 0.1) is 13.3 Å². The topological polar surface area (TPSA) is 55.6 Å². The quantitative estimate of drug-likeness (QED) is 0.525. The van der Waals surface area contributed by atoms with Crippen molar-refractivity contribution in [3.8, 4) is 17.1 Å². The number of rotatable bonds is 7. The molecule has 1 heterocycles. The average molecular weight is 419 g/mol. The SMILES string of the molecule is COc1ccc(Cl)cc1CN(C)C(=O)CCc1ncc(-c2ccc(Cl)cc2)o1. The van der Waals surface area contributed by atoms with E-state index in [1.807, 2.05) is 12.1 Å². The van der Waals surface area contributed by atoms with Crippen LogP contribution in [0.3, 0.4) is 0 Å². The summed E-state index contributed by atoms with van der Waals surface area (Å²) in [5, 5.41) is 1.26. The van der Waals surface area contributed by atoms with Gasteiger partial charge >= 0.3 is 0 Å². The van der Waals surface area contributed by atoms with Gasteiger partial charge in [-0.2, -0.15) is 0 Å². The summed E-state index contributed by atoms with van der Waals surface area (Å²) < 4.78 is 11.1. The molecule has 0 aliphatic carbocycles. The molecular formula is C21H20Cl2N2O3. The maximum Gasteiger partial charge on any atom is 0.223 e. The van der Waals surface area contributed by atoms with Crippen LogP contribution in [0, 0.1) is 0 Å². The van der Waals surface area contributed by atoms with Crippen molar-refractivity contribution >= 4 is 29.1 Å². The molecule has 146 valence electrons. The lowest BCUT2D eigenvalue weighted by Gasteiger charge is -2.19. The van der Waals surface area contributed by atoms with Crippen molar-refractivity contribution in [2.75, 3.05) is 14.2 Å². The van der Waals surface area contributed by atoms with Crippen molar-refractivity contribution in [3.63, 3.8) is 0 Å². The number of hydrogen-bond donors (Lipinski definition) is 0. The van der Waals surface area contributed by atoms with Crippen LogP contribution in [0.2, 0.25) is 10.0 Å². The number of oxazole rings is 1. The first-order valence-corrected chi connectivity index (χ1v) is 9.49. The van der Waals surface area contributed by atoms with Gasteiger partial charge in [0, 0.05) is 47.6 Å². The highest BCUT2D eigenvalue weighted by molar-refractivity contribution is 6.30. The zero-order chi connectivity index (χ0) is 20.1. The van der Waals surface area contributed by atoms with Crippen LogP contribution < -0.4 is 4.74 Å². The molecule has 0 bridgehead atoms. The van der Waals surface area contributed by atoms with Crippen molar-refractivity contribution in [2.45, 2.75) is 19.4 Å². The molecule has 0 aliphatic heterocycles. The largest absolute Gasteiger partial charge is 0.496 e. The fourth-order valence-corrected chi connectivity index (χ4v) is 3.11. The van der Waals surface area contributed by atoms with Crippen LogP contribution >= 0.6 is 23.2 Å². The minimum absolute atomic E-state index is 0.0201. The molecule has 2 aromatic carbocycles. The molecule has 0 unspecified atom stereocenters. The number of hydrogen-bond acceptors (Lipinski definition) is 4. The summed E-state index contributed by atoms with van der Waals surface area (Å²) in [6, 6.07) is 12.7. The smallest absolute Gasteiger partial charge is 0.223 e. The zero-order valence-corrected chi connectivity index (χ0v) is 17.1. The van der Waals surface area contributed by atoms with Gasteiger partial charge in [0.1, 0.15) is 5.75 Å². The number of carbonyl (C=O) groups excluding carboxylic acids is 1. The molecule has 0 saturated carbocycles. The van der Waals surface area contributed by atoms with Gasteiger partial charge in [-0.25, -0.2) is 4.98 Å². The third-order valence-electron chi connectivity index (χ3n) is 4.31. The number of nitrogens with zero attached hydrogens (tertiary/aromatic N) is 2. The average Bonchev–Trinajstić information content (AvgIpc) is 3.16. The summed E-state index contributed by atoms with van der Waals surface area (Å²) >= 11 is 12.0. The Labute approximate surface area is 173 Å². The number of amides is 1. The van der Waals surface area contributed by atoms with Crippen molar-refractivity contribution in [1.29, 1.82) is 0 Å². The third kappa shape index (κ3) is 5.06. The molecule has 7 heteroatoms. The van der Waals surface area contributed by atoms with Gasteiger partial charge in [-0.05, 0) is 42.5 Å². The number of aryl methyl sites for hydroxylation is 1. The molecule has 0 spiro atoms. The molecule has 0 fully saturated rings. The molecule has 28 heavy (non-hydrogen) atoms. The molecule has 3 aromatic rings. The van der Waals surface area contributed by atoms with Crippen LogP contribution in [0.4, 0.5) is 0 Å². The van der Waals surface area contributed by atoms with Crippen LogP contribution in [-0.2, 0) is 17.8 Å². The van der Waals surface area contributed by atoms with E-state index in [4.69, 9.17) is 32.4 Å². The Bertz CT molecular complexity index is 955. The van der Waals surface area contributed by atoms with Gasteiger partial charge in [0.2, 0.25) is 5.91 Å². The second-order valence-electron chi connectivity index (χ2n) is 6.33. The second kappa shape index (κ2) is 9.13. The Morgan fingerprint density at radius 1 is 1.14 bits per heavy atom. The number of halogens is 2. The molecule has 0 atom stereocenters. The van der Waals surface area contributed by atoms with Crippen molar-refractivity contribution < 1.29 is 13.9 Å². The Morgan fingerprint density at radius 2 is 1.86 bits per heavy atom. The molecule has 3 rings (SSSR count). The molecule has 0 N–H and O–H groups in total. The molecule has 0 radical (unpaired) electrons. The van der Waals surface area contributed by atoms with E-state index in [2.05, 4.69) is 4.98 Å². The normalized spacial score (nSPS) is 10.7. The lowest BCUT2D eigenvalue weighted by Crippen LogP contribution is -2.26. The van der Waals surface area contributed by atoms with E-state index in [0.29, 0.717) is 46.8 Å². The Hall–Kier alpha value is -2.50. The highest BCUT2D eigenvalue weighted by atomic mass is 35.5. The zero-order valence-electron chi connectivity index (χ0n) is 15.6. The van der Waals surface area contributed by atoms with Crippen molar-refractivity contribution in [3.05, 3.63) is 70.2 Å². The van der Waals surface area contributed by atoms with E-state index >= 15 is 0 Å². The van der Waals surface area contributed by atoms with Crippen molar-refractivity contribution in [1.82, 2.24) is 9.88 Å². The molecular weight excluding hydrogens is 399 g/mol. The first kappa shape index (κ1) is 20.2. The van der Waals surface area contributed by atoms with E-state index in [-0.39, 0.29) is 5.91 Å². The highest BCUT2D eigenvalue weighted by Crippen LogP contribution is 2.25. The summed E-state index contributed by atoms with van der Waals surface area (Å²) in [6.45, 7) is 0.407. The molecule has 1 amide bonds. The van der Waals surface area contributed by atoms with Crippen LogP contribution in [0.5, 0.6) is 5.75 Å². The molecule has 1 aromatic heterocycles. The van der Waals surface area contributed by atoms with Gasteiger partial charge in [0.15, 0.2) is 11.7 Å². The Morgan fingerprint density at radius 3 is 2.57 bits per heavy atom. The first-order chi connectivity index (χ1) is 13.5. The van der Waals surface area contributed by atoms with E-state index in [1.54, 1.807) is 55.6 Å². The Balaban J connectivity index is 1.58. The lowest BCUT2D eigenvalue weighted by atomic mass is 10.2. The number of carbonyl (C=O) groups is 1. The number of ether oxygens (including phenoxy) is 1. The monoisotopic (exact) mass is 418 g/mol. The summed E-state index contributed by atoms with van der Waals surface area (Å²) in [4.78, 5) is 18.4. The maximum atomic E-state index is 12.5. The van der Waals surface area contributed by atoms with Gasteiger partial charge in [-0.1, -0.05) is 23.2 Å². The highest BCUT2D eigenvalue weighted by Gasteiger charge is 2.14. The fraction of sp³-hybridized carbons (Fsp3) is 0.238. The standard InChI is InChI=1S/C21H20Cl2N2O3/c1-25(13-15-11-17(23)7-8-18(15)27-2)21(26)10-9-20-24-12-19(28-20)14-3-5-16(22)6-4-14/h3-8,11-12H,9-10,13H2,1-2H3. The van der Waals surface area contributed by atoms with Crippen LogP contribution in [0.25, 0.3) is 11.3 Å². The van der Waals surface area contributed by atoms with Crippen molar-refractivity contribution in [2.24, 2.45) is 0 Å². The fourth-order valence-electron chi connectivity index (χ4n) is 2.79. The summed E-state index contributed by atoms with van der Waals surface area (Å²) in [6.07, 6.45) is 2.37. The summed E-state index contributed by atoms with van der Waals surface area (Å²) in [7, 11) is 3.34. The third-order valence-corrected chi connectivity index (χ3v) is 4.80. The van der Waals surface area contributed by atoms with Crippen LogP contribution in [0.1, 0.15) is 17.9 Å². The number of aromatic nitrogens is 1. The van der Waals surface area contributed by atoms with E-state index in [0.717, 1.165) is 11.1 Å². The molecule has 5 nitrogen and oxygen atoms in total. The first-order valence-electron chi connectivity index (χ1n) is 8.73. The van der Waals surface area contributed by atoms with Gasteiger partial charge in [-0.3, -0.25) is 4.79 Å².